The Morgan fingerprint density at radius 2 is 1.95 bits per heavy atom. The van der Waals surface area contributed by atoms with Crippen molar-refractivity contribution in [1.29, 1.82) is 0 Å². The minimum atomic E-state index is -0.186. The second-order valence-corrected chi connectivity index (χ2v) is 5.49. The van der Waals surface area contributed by atoms with Crippen LogP contribution in [0, 0.1) is 0 Å². The van der Waals surface area contributed by atoms with Crippen LogP contribution >= 0.6 is 0 Å². The fraction of sp³-hybridized carbons (Fsp3) is 0.533. The molecular formula is C15H25N5O. The second kappa shape index (κ2) is 7.40. The Labute approximate surface area is 126 Å². The van der Waals surface area contributed by atoms with Crippen molar-refractivity contribution in [2.24, 2.45) is 0 Å². The number of urea groups is 1. The number of nitrogens with one attached hydrogen (secondary N) is 3. The van der Waals surface area contributed by atoms with Crippen LogP contribution in [0.1, 0.15) is 18.5 Å². The quantitative estimate of drug-likeness (QED) is 0.781. The Bertz CT molecular complexity index is 471. The van der Waals surface area contributed by atoms with E-state index < -0.39 is 0 Å². The summed E-state index contributed by atoms with van der Waals surface area (Å²) in [4.78, 5) is 14.3. The first-order chi connectivity index (χ1) is 10.1. The molecule has 6 nitrogen and oxygen atoms in total. The average Bonchev–Trinajstić information content (AvgIpc) is 2.49. The highest BCUT2D eigenvalue weighted by Gasteiger charge is 2.15. The van der Waals surface area contributed by atoms with Crippen molar-refractivity contribution in [2.75, 3.05) is 45.6 Å². The molecular weight excluding hydrogens is 266 g/mol. The molecule has 116 valence electrons. The fourth-order valence-corrected chi connectivity index (χ4v) is 2.27. The highest BCUT2D eigenvalue weighted by Crippen LogP contribution is 2.16. The van der Waals surface area contributed by atoms with E-state index in [1.165, 1.54) is 0 Å². The third-order valence-corrected chi connectivity index (χ3v) is 3.84. The van der Waals surface area contributed by atoms with Gasteiger partial charge in [-0.25, -0.2) is 9.80 Å². The van der Waals surface area contributed by atoms with Crippen LogP contribution in [0.4, 0.5) is 10.5 Å². The van der Waals surface area contributed by atoms with Gasteiger partial charge in [0.1, 0.15) is 0 Å². The van der Waals surface area contributed by atoms with E-state index >= 15 is 0 Å². The summed E-state index contributed by atoms with van der Waals surface area (Å²) in [5.74, 6) is 0. The van der Waals surface area contributed by atoms with Crippen LogP contribution in [-0.2, 0) is 0 Å². The first-order valence-corrected chi connectivity index (χ1v) is 7.37. The number of piperazine rings is 1. The molecule has 0 aliphatic carbocycles. The molecule has 1 atom stereocenters. The van der Waals surface area contributed by atoms with Gasteiger partial charge < -0.3 is 15.5 Å². The van der Waals surface area contributed by atoms with Crippen LogP contribution in [-0.4, -0.2) is 56.2 Å². The molecule has 2 amide bonds. The Balaban J connectivity index is 1.87. The van der Waals surface area contributed by atoms with Gasteiger partial charge in [0.05, 0.1) is 0 Å². The topological polar surface area (TPSA) is 59.6 Å². The molecule has 1 aliphatic heterocycles. The van der Waals surface area contributed by atoms with Gasteiger partial charge in [-0.2, -0.15) is 0 Å². The molecule has 0 bridgehead atoms. The third-order valence-electron chi connectivity index (χ3n) is 3.84. The van der Waals surface area contributed by atoms with Crippen molar-refractivity contribution in [3.8, 4) is 0 Å². The molecule has 21 heavy (non-hydrogen) atoms. The summed E-state index contributed by atoms with van der Waals surface area (Å²) in [5, 5.41) is 8.03. The van der Waals surface area contributed by atoms with Gasteiger partial charge in [0.25, 0.3) is 0 Å². The number of hydrazine groups is 1. The lowest BCUT2D eigenvalue weighted by Crippen LogP contribution is -2.53. The van der Waals surface area contributed by atoms with Gasteiger partial charge in [0, 0.05) is 37.9 Å². The molecule has 1 heterocycles. The SMILES string of the molecule is CNC(C)c1cccc(NC(=O)NN2CCN(C)CC2)c1. The van der Waals surface area contributed by atoms with E-state index in [0.717, 1.165) is 37.4 Å². The van der Waals surface area contributed by atoms with Gasteiger partial charge in [-0.15, -0.1) is 0 Å². The lowest BCUT2D eigenvalue weighted by molar-refractivity contribution is 0.116. The molecule has 0 saturated carbocycles. The second-order valence-electron chi connectivity index (χ2n) is 5.49. The van der Waals surface area contributed by atoms with E-state index in [-0.39, 0.29) is 12.1 Å². The predicted octanol–water partition coefficient (Wildman–Crippen LogP) is 1.25. The molecule has 1 saturated heterocycles. The van der Waals surface area contributed by atoms with Crippen molar-refractivity contribution < 1.29 is 4.79 Å². The van der Waals surface area contributed by atoms with Gasteiger partial charge in [-0.1, -0.05) is 12.1 Å². The number of hydrogen-bond acceptors (Lipinski definition) is 4. The molecule has 1 aromatic rings. The van der Waals surface area contributed by atoms with Crippen molar-refractivity contribution >= 4 is 11.7 Å². The molecule has 6 heteroatoms. The van der Waals surface area contributed by atoms with Gasteiger partial charge in [0.2, 0.25) is 0 Å². The first-order valence-electron chi connectivity index (χ1n) is 7.37. The monoisotopic (exact) mass is 291 g/mol. The smallest absolute Gasteiger partial charge is 0.313 e. The van der Waals surface area contributed by atoms with E-state index in [1.807, 2.05) is 36.3 Å². The molecule has 0 aromatic heterocycles. The Kier molecular flexibility index (Phi) is 5.55. The number of anilines is 1. The summed E-state index contributed by atoms with van der Waals surface area (Å²) in [7, 11) is 4.01. The van der Waals surface area contributed by atoms with Crippen LogP contribution in [0.25, 0.3) is 0 Å². The normalized spacial score (nSPS) is 18.2. The summed E-state index contributed by atoms with van der Waals surface area (Å²) in [5.41, 5.74) is 4.85. The summed E-state index contributed by atoms with van der Waals surface area (Å²) in [6.45, 7) is 5.72. The number of carbonyl (C=O) groups is 1. The molecule has 3 N–H and O–H groups in total. The zero-order valence-corrected chi connectivity index (χ0v) is 13.0. The Hall–Kier alpha value is -1.63. The van der Waals surface area contributed by atoms with Crippen LogP contribution in [0.3, 0.4) is 0 Å². The maximum absolute atomic E-state index is 12.0. The van der Waals surface area contributed by atoms with Crippen LogP contribution in [0.2, 0.25) is 0 Å². The lowest BCUT2D eigenvalue weighted by atomic mass is 10.1. The summed E-state index contributed by atoms with van der Waals surface area (Å²) in [6, 6.07) is 7.96. The van der Waals surface area contributed by atoms with Crippen molar-refractivity contribution in [1.82, 2.24) is 20.7 Å². The molecule has 1 fully saturated rings. The minimum absolute atomic E-state index is 0.186. The van der Waals surface area contributed by atoms with E-state index in [4.69, 9.17) is 0 Å². The standard InChI is InChI=1S/C15H25N5O/c1-12(16-2)13-5-4-6-14(11-13)17-15(21)18-20-9-7-19(3)8-10-20/h4-6,11-12,16H,7-10H2,1-3H3,(H2,17,18,21). The number of hydrogen-bond donors (Lipinski definition) is 3. The zero-order chi connectivity index (χ0) is 15.2. The summed E-state index contributed by atoms with van der Waals surface area (Å²) < 4.78 is 0. The van der Waals surface area contributed by atoms with Gasteiger partial charge in [-0.05, 0) is 38.7 Å². The number of amides is 2. The van der Waals surface area contributed by atoms with Crippen molar-refractivity contribution in [3.63, 3.8) is 0 Å². The van der Waals surface area contributed by atoms with Gasteiger partial charge >= 0.3 is 6.03 Å². The number of likely N-dealkylation sites (N-methyl/N-ethyl adjacent to an activating group) is 1. The van der Waals surface area contributed by atoms with Crippen molar-refractivity contribution in [2.45, 2.75) is 13.0 Å². The molecule has 1 aliphatic rings. The largest absolute Gasteiger partial charge is 0.333 e. The maximum atomic E-state index is 12.0. The fourth-order valence-electron chi connectivity index (χ4n) is 2.27. The Morgan fingerprint density at radius 3 is 2.62 bits per heavy atom. The van der Waals surface area contributed by atoms with E-state index in [0.29, 0.717) is 0 Å². The van der Waals surface area contributed by atoms with Crippen LogP contribution < -0.4 is 16.1 Å². The minimum Gasteiger partial charge on any atom is -0.313 e. The number of nitrogens with zero attached hydrogens (tertiary/aromatic N) is 2. The van der Waals surface area contributed by atoms with E-state index in [2.05, 4.69) is 34.9 Å². The van der Waals surface area contributed by atoms with Gasteiger partial charge in [0.15, 0.2) is 0 Å². The van der Waals surface area contributed by atoms with Gasteiger partial charge in [-0.3, -0.25) is 5.43 Å². The molecule has 0 spiro atoms. The Morgan fingerprint density at radius 1 is 1.24 bits per heavy atom. The van der Waals surface area contributed by atoms with Crippen LogP contribution in [0.5, 0.6) is 0 Å². The summed E-state index contributed by atoms with van der Waals surface area (Å²) in [6.07, 6.45) is 0. The first kappa shape index (κ1) is 15.8. The molecule has 1 aromatic carbocycles. The van der Waals surface area contributed by atoms with Crippen LogP contribution in [0.15, 0.2) is 24.3 Å². The molecule has 0 radical (unpaired) electrons. The highest BCUT2D eigenvalue weighted by molar-refractivity contribution is 5.88. The average molecular weight is 291 g/mol. The number of carbonyl (C=O) groups excluding carboxylic acids is 1. The predicted molar refractivity (Wildman–Crippen MR) is 85.1 cm³/mol. The third kappa shape index (κ3) is 4.70. The number of rotatable bonds is 4. The lowest BCUT2D eigenvalue weighted by Gasteiger charge is -2.32. The zero-order valence-electron chi connectivity index (χ0n) is 13.0. The highest BCUT2D eigenvalue weighted by atomic mass is 16.2. The van der Waals surface area contributed by atoms with E-state index in [9.17, 15) is 4.79 Å². The van der Waals surface area contributed by atoms with Crippen molar-refractivity contribution in [3.05, 3.63) is 29.8 Å². The number of benzene rings is 1. The molecule has 2 rings (SSSR count). The van der Waals surface area contributed by atoms with E-state index in [1.54, 1.807) is 0 Å². The maximum Gasteiger partial charge on any atom is 0.333 e. The molecule has 1 unspecified atom stereocenters. The summed E-state index contributed by atoms with van der Waals surface area (Å²) >= 11 is 0.